The number of hydrogen-bond donors (Lipinski definition) is 2. The summed E-state index contributed by atoms with van der Waals surface area (Å²) in [5.74, 6) is -0.248. The molecule has 0 radical (unpaired) electrons. The smallest absolute Gasteiger partial charge is 0.123 e. The van der Waals surface area contributed by atoms with Crippen LogP contribution >= 0.6 is 11.3 Å². The third kappa shape index (κ3) is 2.29. The van der Waals surface area contributed by atoms with Crippen LogP contribution < -0.4 is 5.73 Å². The molecule has 2 rings (SSSR count). The molecule has 0 fully saturated rings. The Morgan fingerprint density at radius 2 is 1.88 bits per heavy atom. The lowest BCUT2D eigenvalue weighted by Crippen LogP contribution is -2.09. The van der Waals surface area contributed by atoms with Gasteiger partial charge in [0.1, 0.15) is 11.9 Å². The van der Waals surface area contributed by atoms with E-state index in [1.807, 2.05) is 12.1 Å². The fourth-order valence-electron chi connectivity index (χ4n) is 1.42. The molecule has 16 heavy (non-hydrogen) atoms. The standard InChI is InChI=1S/C12H12FNOS/c13-9-3-1-8(2-4-9)11-5-6-12(16-11)10(15)7-14/h1-6,10,15H,7,14H2. The zero-order valence-corrected chi connectivity index (χ0v) is 9.38. The van der Waals surface area contributed by atoms with Crippen molar-refractivity contribution in [1.29, 1.82) is 0 Å². The topological polar surface area (TPSA) is 46.2 Å². The normalized spacial score (nSPS) is 12.7. The summed E-state index contributed by atoms with van der Waals surface area (Å²) in [5.41, 5.74) is 6.33. The number of aliphatic hydroxyl groups excluding tert-OH is 1. The van der Waals surface area contributed by atoms with Crippen molar-refractivity contribution in [3.05, 3.63) is 47.1 Å². The second-order valence-corrected chi connectivity index (χ2v) is 4.58. The van der Waals surface area contributed by atoms with Crippen LogP contribution in [0.15, 0.2) is 36.4 Å². The van der Waals surface area contributed by atoms with E-state index in [-0.39, 0.29) is 12.4 Å². The molecule has 1 heterocycles. The van der Waals surface area contributed by atoms with Gasteiger partial charge < -0.3 is 10.8 Å². The average molecular weight is 237 g/mol. The van der Waals surface area contributed by atoms with E-state index in [1.165, 1.54) is 23.5 Å². The Hall–Kier alpha value is -1.23. The van der Waals surface area contributed by atoms with Crippen molar-refractivity contribution in [3.63, 3.8) is 0 Å². The van der Waals surface area contributed by atoms with Crippen LogP contribution in [0, 0.1) is 5.82 Å². The Labute approximate surface area is 97.2 Å². The quantitative estimate of drug-likeness (QED) is 0.861. The Morgan fingerprint density at radius 3 is 2.50 bits per heavy atom. The summed E-state index contributed by atoms with van der Waals surface area (Å²) in [7, 11) is 0. The fourth-order valence-corrected chi connectivity index (χ4v) is 2.43. The van der Waals surface area contributed by atoms with E-state index in [9.17, 15) is 9.50 Å². The molecule has 4 heteroatoms. The van der Waals surface area contributed by atoms with E-state index in [2.05, 4.69) is 0 Å². The molecule has 3 N–H and O–H groups in total. The first-order valence-electron chi connectivity index (χ1n) is 4.94. The number of hydrogen-bond acceptors (Lipinski definition) is 3. The second kappa shape index (κ2) is 4.74. The van der Waals surface area contributed by atoms with Crippen molar-refractivity contribution in [2.75, 3.05) is 6.54 Å². The van der Waals surface area contributed by atoms with Crippen LogP contribution in [0.25, 0.3) is 10.4 Å². The monoisotopic (exact) mass is 237 g/mol. The third-order valence-corrected chi connectivity index (χ3v) is 3.54. The molecule has 1 aromatic heterocycles. The van der Waals surface area contributed by atoms with Gasteiger partial charge in [0.05, 0.1) is 0 Å². The van der Waals surface area contributed by atoms with E-state index in [4.69, 9.17) is 5.73 Å². The predicted octanol–water partition coefficient (Wildman–Crippen LogP) is 2.55. The van der Waals surface area contributed by atoms with Crippen molar-refractivity contribution in [1.82, 2.24) is 0 Å². The highest BCUT2D eigenvalue weighted by atomic mass is 32.1. The summed E-state index contributed by atoms with van der Waals surface area (Å²) < 4.78 is 12.7. The highest BCUT2D eigenvalue weighted by molar-refractivity contribution is 7.15. The lowest BCUT2D eigenvalue weighted by Gasteiger charge is -2.02. The van der Waals surface area contributed by atoms with E-state index < -0.39 is 6.10 Å². The highest BCUT2D eigenvalue weighted by Gasteiger charge is 2.09. The van der Waals surface area contributed by atoms with Gasteiger partial charge in [0.25, 0.3) is 0 Å². The maximum atomic E-state index is 12.7. The molecular weight excluding hydrogens is 225 g/mol. The van der Waals surface area contributed by atoms with Gasteiger partial charge >= 0.3 is 0 Å². The SMILES string of the molecule is NCC(O)c1ccc(-c2ccc(F)cc2)s1. The van der Waals surface area contributed by atoms with Gasteiger partial charge in [-0.3, -0.25) is 0 Å². The summed E-state index contributed by atoms with van der Waals surface area (Å²) >= 11 is 1.47. The van der Waals surface area contributed by atoms with E-state index >= 15 is 0 Å². The molecule has 1 aromatic carbocycles. The number of halogens is 1. The minimum absolute atomic E-state index is 0.212. The molecule has 1 unspecified atom stereocenters. The van der Waals surface area contributed by atoms with Gasteiger partial charge in [-0.15, -0.1) is 11.3 Å². The Balaban J connectivity index is 2.28. The van der Waals surface area contributed by atoms with E-state index in [1.54, 1.807) is 12.1 Å². The molecule has 0 saturated heterocycles. The Bertz CT molecular complexity index is 466. The van der Waals surface area contributed by atoms with Crippen molar-refractivity contribution in [3.8, 4) is 10.4 Å². The molecule has 84 valence electrons. The van der Waals surface area contributed by atoms with Crippen molar-refractivity contribution in [2.24, 2.45) is 5.73 Å². The van der Waals surface area contributed by atoms with Crippen LogP contribution in [0.5, 0.6) is 0 Å². The molecule has 0 spiro atoms. The minimum Gasteiger partial charge on any atom is -0.386 e. The average Bonchev–Trinajstić information content (AvgIpc) is 2.78. The number of thiophene rings is 1. The molecule has 0 amide bonds. The molecule has 0 aliphatic rings. The van der Waals surface area contributed by atoms with Crippen LogP contribution in [0.3, 0.4) is 0 Å². The van der Waals surface area contributed by atoms with Crippen LogP contribution in [0.2, 0.25) is 0 Å². The zero-order chi connectivity index (χ0) is 11.5. The largest absolute Gasteiger partial charge is 0.386 e. The first-order valence-corrected chi connectivity index (χ1v) is 5.76. The first-order chi connectivity index (χ1) is 7.70. The Morgan fingerprint density at radius 1 is 1.19 bits per heavy atom. The van der Waals surface area contributed by atoms with Gasteiger partial charge in [-0.25, -0.2) is 4.39 Å². The van der Waals surface area contributed by atoms with Crippen LogP contribution in [-0.4, -0.2) is 11.7 Å². The third-order valence-electron chi connectivity index (χ3n) is 2.31. The fraction of sp³-hybridized carbons (Fsp3) is 0.167. The molecular formula is C12H12FNOS. The number of nitrogens with two attached hydrogens (primary N) is 1. The second-order valence-electron chi connectivity index (χ2n) is 3.46. The highest BCUT2D eigenvalue weighted by Crippen LogP contribution is 2.31. The molecule has 0 aliphatic heterocycles. The maximum Gasteiger partial charge on any atom is 0.123 e. The van der Waals surface area contributed by atoms with Gasteiger partial charge in [0.2, 0.25) is 0 Å². The summed E-state index contributed by atoms with van der Waals surface area (Å²) in [6, 6.07) is 10.1. The first kappa shape index (κ1) is 11.3. The molecule has 0 aliphatic carbocycles. The summed E-state index contributed by atoms with van der Waals surface area (Å²) in [6.45, 7) is 0.212. The number of aliphatic hydroxyl groups is 1. The molecule has 0 bridgehead atoms. The van der Waals surface area contributed by atoms with E-state index in [0.717, 1.165) is 15.3 Å². The minimum atomic E-state index is -0.612. The lowest BCUT2D eigenvalue weighted by atomic mass is 10.2. The number of rotatable bonds is 3. The zero-order valence-electron chi connectivity index (χ0n) is 8.56. The summed E-state index contributed by atoms with van der Waals surface area (Å²) in [6.07, 6.45) is -0.612. The summed E-state index contributed by atoms with van der Waals surface area (Å²) in [4.78, 5) is 1.84. The summed E-state index contributed by atoms with van der Waals surface area (Å²) in [5, 5.41) is 9.56. The molecule has 0 saturated carbocycles. The van der Waals surface area contributed by atoms with Crippen molar-refractivity contribution < 1.29 is 9.50 Å². The van der Waals surface area contributed by atoms with Crippen LogP contribution in [0.4, 0.5) is 4.39 Å². The van der Waals surface area contributed by atoms with Crippen molar-refractivity contribution in [2.45, 2.75) is 6.10 Å². The molecule has 2 aromatic rings. The molecule has 2 nitrogen and oxygen atoms in total. The predicted molar refractivity (Wildman–Crippen MR) is 63.7 cm³/mol. The maximum absolute atomic E-state index is 12.7. The van der Waals surface area contributed by atoms with Crippen LogP contribution in [-0.2, 0) is 0 Å². The molecule has 1 atom stereocenters. The van der Waals surface area contributed by atoms with E-state index in [0.29, 0.717) is 0 Å². The van der Waals surface area contributed by atoms with Gasteiger partial charge in [-0.2, -0.15) is 0 Å². The van der Waals surface area contributed by atoms with Gasteiger partial charge in [0.15, 0.2) is 0 Å². The van der Waals surface area contributed by atoms with Gasteiger partial charge in [-0.05, 0) is 29.8 Å². The van der Waals surface area contributed by atoms with Crippen molar-refractivity contribution >= 4 is 11.3 Å². The van der Waals surface area contributed by atoms with Gasteiger partial charge in [0, 0.05) is 16.3 Å². The Kier molecular flexibility index (Phi) is 3.33. The lowest BCUT2D eigenvalue weighted by molar-refractivity contribution is 0.190. The van der Waals surface area contributed by atoms with Gasteiger partial charge in [-0.1, -0.05) is 12.1 Å². The van der Waals surface area contributed by atoms with Crippen LogP contribution in [0.1, 0.15) is 11.0 Å². The number of benzene rings is 1.